The van der Waals surface area contributed by atoms with Crippen molar-refractivity contribution in [2.75, 3.05) is 5.32 Å². The number of hydrogen-bond donors (Lipinski definition) is 2. The highest BCUT2D eigenvalue weighted by atomic mass is 32.2. The lowest BCUT2D eigenvalue weighted by Crippen LogP contribution is -2.22. The Morgan fingerprint density at radius 3 is 2.42 bits per heavy atom. The van der Waals surface area contributed by atoms with Crippen LogP contribution in [0.15, 0.2) is 90.1 Å². The second-order valence-corrected chi connectivity index (χ2v) is 11.5. The second kappa shape index (κ2) is 10.3. The van der Waals surface area contributed by atoms with Gasteiger partial charge in [-0.1, -0.05) is 96.7 Å². The lowest BCUT2D eigenvalue weighted by Gasteiger charge is -2.15. The first-order valence-electron chi connectivity index (χ1n) is 12.4. The molecule has 0 saturated heterocycles. The number of carbonyl (C=O) groups is 1. The molecule has 1 aliphatic rings. The van der Waals surface area contributed by atoms with E-state index < -0.39 is 5.25 Å². The van der Waals surface area contributed by atoms with Gasteiger partial charge in [-0.2, -0.15) is 5.26 Å². The van der Waals surface area contributed by atoms with Crippen LogP contribution in [0.2, 0.25) is 0 Å². The van der Waals surface area contributed by atoms with E-state index in [9.17, 15) is 10.1 Å². The SMILES string of the molecule is CC(Sc1nc(-c2ccccc2)c(-c2ccccc2)[nH]1)C(=O)Nc1sc2c(c1C#N)CCc1ccccc1-2. The highest BCUT2D eigenvalue weighted by Crippen LogP contribution is 2.45. The highest BCUT2D eigenvalue weighted by Gasteiger charge is 2.27. The van der Waals surface area contributed by atoms with Crippen LogP contribution in [0.3, 0.4) is 0 Å². The summed E-state index contributed by atoms with van der Waals surface area (Å²) in [5.41, 5.74) is 7.88. The largest absolute Gasteiger partial charge is 0.332 e. The molecule has 2 N–H and O–H groups in total. The van der Waals surface area contributed by atoms with E-state index in [0.717, 1.165) is 51.4 Å². The van der Waals surface area contributed by atoms with Gasteiger partial charge >= 0.3 is 0 Å². The smallest absolute Gasteiger partial charge is 0.238 e. The number of benzene rings is 3. The number of H-pyrrole nitrogens is 1. The summed E-state index contributed by atoms with van der Waals surface area (Å²) in [4.78, 5) is 22.7. The minimum absolute atomic E-state index is 0.155. The Hall–Kier alpha value is -4.12. The first kappa shape index (κ1) is 24.2. The summed E-state index contributed by atoms with van der Waals surface area (Å²) in [5.74, 6) is -0.155. The van der Waals surface area contributed by atoms with Crippen LogP contribution in [0.1, 0.15) is 23.6 Å². The Bertz CT molecular complexity index is 1610. The third-order valence-electron chi connectivity index (χ3n) is 6.71. The third kappa shape index (κ3) is 4.53. The number of aromatic nitrogens is 2. The van der Waals surface area contributed by atoms with E-state index in [1.165, 1.54) is 28.7 Å². The number of nitriles is 1. The maximum atomic E-state index is 13.3. The standard InChI is InChI=1S/C31H24N4OS2/c1-19(29(36)35-30-25(18-32)24-17-16-20-10-8-9-15-23(20)28(24)38-30)37-31-33-26(21-11-4-2-5-12-21)27(34-31)22-13-6-3-7-14-22/h2-15,19H,16-17H2,1H3,(H,33,34)(H,35,36). The molecule has 0 spiro atoms. The second-order valence-electron chi connectivity index (χ2n) is 9.13. The number of amides is 1. The maximum Gasteiger partial charge on any atom is 0.238 e. The summed E-state index contributed by atoms with van der Waals surface area (Å²) < 4.78 is 0. The van der Waals surface area contributed by atoms with Gasteiger partial charge in [0.05, 0.1) is 22.2 Å². The molecular formula is C31H24N4OS2. The van der Waals surface area contributed by atoms with Gasteiger partial charge in [-0.15, -0.1) is 11.3 Å². The van der Waals surface area contributed by atoms with Crippen molar-refractivity contribution in [3.8, 4) is 39.0 Å². The van der Waals surface area contributed by atoms with Crippen molar-refractivity contribution in [1.29, 1.82) is 5.26 Å². The molecular weight excluding hydrogens is 509 g/mol. The average molecular weight is 533 g/mol. The summed E-state index contributed by atoms with van der Waals surface area (Å²) in [6.07, 6.45) is 1.71. The van der Waals surface area contributed by atoms with Gasteiger partial charge in [0.1, 0.15) is 11.1 Å². The van der Waals surface area contributed by atoms with Gasteiger partial charge in [0.25, 0.3) is 0 Å². The first-order valence-corrected chi connectivity index (χ1v) is 14.1. The minimum atomic E-state index is -0.425. The summed E-state index contributed by atoms with van der Waals surface area (Å²) in [6, 6.07) is 30.8. The number of aryl methyl sites for hydroxylation is 1. The van der Waals surface area contributed by atoms with Crippen molar-refractivity contribution in [3.63, 3.8) is 0 Å². The van der Waals surface area contributed by atoms with Gasteiger partial charge in [-0.25, -0.2) is 4.98 Å². The Balaban J connectivity index is 1.26. The molecule has 3 aromatic carbocycles. The van der Waals surface area contributed by atoms with E-state index in [4.69, 9.17) is 4.98 Å². The number of fused-ring (bicyclic) bond motifs is 3. The predicted octanol–water partition coefficient (Wildman–Crippen LogP) is 7.56. The molecule has 6 rings (SSSR count). The van der Waals surface area contributed by atoms with E-state index in [1.54, 1.807) is 0 Å². The van der Waals surface area contributed by atoms with E-state index in [0.29, 0.717) is 15.7 Å². The van der Waals surface area contributed by atoms with Crippen LogP contribution < -0.4 is 5.32 Å². The molecule has 1 atom stereocenters. The molecule has 0 radical (unpaired) electrons. The molecule has 0 fully saturated rings. The number of rotatable bonds is 6. The predicted molar refractivity (Wildman–Crippen MR) is 155 cm³/mol. The fraction of sp³-hybridized carbons (Fsp3) is 0.129. The molecule has 2 aromatic heterocycles. The average Bonchev–Trinajstić information content (AvgIpc) is 3.55. The highest BCUT2D eigenvalue weighted by molar-refractivity contribution is 8.00. The Morgan fingerprint density at radius 1 is 1.00 bits per heavy atom. The molecule has 7 heteroatoms. The number of hydrogen-bond acceptors (Lipinski definition) is 5. The molecule has 38 heavy (non-hydrogen) atoms. The zero-order chi connectivity index (χ0) is 26.1. The molecule has 5 aromatic rings. The summed E-state index contributed by atoms with van der Waals surface area (Å²) in [5, 5.41) is 13.9. The van der Waals surface area contributed by atoms with Crippen molar-refractivity contribution < 1.29 is 4.79 Å². The number of carbonyl (C=O) groups excluding carboxylic acids is 1. The van der Waals surface area contributed by atoms with Crippen LogP contribution in [0.25, 0.3) is 33.0 Å². The lowest BCUT2D eigenvalue weighted by molar-refractivity contribution is -0.115. The van der Waals surface area contributed by atoms with Crippen LogP contribution >= 0.6 is 23.1 Å². The summed E-state index contributed by atoms with van der Waals surface area (Å²) >= 11 is 2.87. The van der Waals surface area contributed by atoms with E-state index >= 15 is 0 Å². The van der Waals surface area contributed by atoms with E-state index in [2.05, 4.69) is 28.5 Å². The van der Waals surface area contributed by atoms with E-state index in [-0.39, 0.29) is 5.91 Å². The fourth-order valence-electron chi connectivity index (χ4n) is 4.81. The van der Waals surface area contributed by atoms with E-state index in [1.807, 2.05) is 79.7 Å². The topological polar surface area (TPSA) is 81.6 Å². The third-order valence-corrected chi connectivity index (χ3v) is 8.88. The Labute approximate surface area is 229 Å². The van der Waals surface area contributed by atoms with Crippen LogP contribution in [0, 0.1) is 11.3 Å². The van der Waals surface area contributed by atoms with Gasteiger partial charge in [0.15, 0.2) is 5.16 Å². The zero-order valence-electron chi connectivity index (χ0n) is 20.7. The van der Waals surface area contributed by atoms with Crippen LogP contribution in [-0.2, 0) is 17.6 Å². The van der Waals surface area contributed by atoms with Crippen LogP contribution in [0.4, 0.5) is 5.00 Å². The zero-order valence-corrected chi connectivity index (χ0v) is 22.3. The lowest BCUT2D eigenvalue weighted by atomic mass is 9.90. The number of nitrogens with zero attached hydrogens (tertiary/aromatic N) is 2. The molecule has 186 valence electrons. The Morgan fingerprint density at radius 2 is 1.68 bits per heavy atom. The molecule has 0 bridgehead atoms. The molecule has 5 nitrogen and oxygen atoms in total. The first-order chi connectivity index (χ1) is 18.6. The Kier molecular flexibility index (Phi) is 6.59. The molecule has 1 unspecified atom stereocenters. The quantitative estimate of drug-likeness (QED) is 0.221. The molecule has 2 heterocycles. The summed E-state index contributed by atoms with van der Waals surface area (Å²) in [7, 11) is 0. The van der Waals surface area contributed by atoms with Gasteiger partial charge in [-0.3, -0.25) is 4.79 Å². The normalized spacial score (nSPS) is 12.7. The van der Waals surface area contributed by atoms with Crippen molar-refractivity contribution in [2.24, 2.45) is 0 Å². The molecule has 1 aliphatic carbocycles. The number of thioether (sulfide) groups is 1. The summed E-state index contributed by atoms with van der Waals surface area (Å²) in [6.45, 7) is 1.86. The van der Waals surface area contributed by atoms with Crippen molar-refractivity contribution in [3.05, 3.63) is 102 Å². The van der Waals surface area contributed by atoms with Crippen molar-refractivity contribution >= 4 is 34.0 Å². The molecule has 0 aliphatic heterocycles. The number of aromatic amines is 1. The number of anilines is 1. The molecule has 0 saturated carbocycles. The van der Waals surface area contributed by atoms with Crippen molar-refractivity contribution in [1.82, 2.24) is 9.97 Å². The number of imidazole rings is 1. The maximum absolute atomic E-state index is 13.3. The van der Waals surface area contributed by atoms with Gasteiger partial charge in [0, 0.05) is 16.0 Å². The van der Waals surface area contributed by atoms with Crippen LogP contribution in [0.5, 0.6) is 0 Å². The monoisotopic (exact) mass is 532 g/mol. The van der Waals surface area contributed by atoms with Crippen molar-refractivity contribution in [2.45, 2.75) is 30.2 Å². The van der Waals surface area contributed by atoms with Crippen LogP contribution in [-0.4, -0.2) is 21.1 Å². The van der Waals surface area contributed by atoms with Gasteiger partial charge < -0.3 is 10.3 Å². The van der Waals surface area contributed by atoms with Gasteiger partial charge in [0.2, 0.25) is 5.91 Å². The fourth-order valence-corrected chi connectivity index (χ4v) is 6.88. The molecule has 1 amide bonds. The number of nitrogens with one attached hydrogen (secondary N) is 2. The minimum Gasteiger partial charge on any atom is -0.332 e. The number of thiophene rings is 1. The van der Waals surface area contributed by atoms with Gasteiger partial charge in [-0.05, 0) is 36.5 Å².